The number of nitrogens with two attached hydrogens (primary N) is 1. The van der Waals surface area contributed by atoms with Gasteiger partial charge in [0.25, 0.3) is 0 Å². The Kier molecular flexibility index (Phi) is 9.50. The smallest absolute Gasteiger partial charge is 0.231 e. The van der Waals surface area contributed by atoms with Crippen molar-refractivity contribution in [1.82, 2.24) is 9.80 Å². The number of piperazine rings is 1. The Balaban J connectivity index is 0.00000169. The van der Waals surface area contributed by atoms with Gasteiger partial charge in [-0.1, -0.05) is 0 Å². The van der Waals surface area contributed by atoms with Crippen LogP contribution in [-0.4, -0.2) is 74.7 Å². The van der Waals surface area contributed by atoms with Gasteiger partial charge in [0.15, 0.2) is 0 Å². The summed E-state index contributed by atoms with van der Waals surface area (Å²) in [6.07, 6.45) is 2.37. The topological polar surface area (TPSA) is 62.0 Å². The van der Waals surface area contributed by atoms with Crippen LogP contribution in [0.25, 0.3) is 0 Å². The highest BCUT2D eigenvalue weighted by atomic mass is 35.5. The summed E-state index contributed by atoms with van der Waals surface area (Å²) in [5.41, 5.74) is 6.60. The van der Waals surface area contributed by atoms with E-state index in [1.807, 2.05) is 12.1 Å². The molecule has 148 valence electrons. The predicted molar refractivity (Wildman–Crippen MR) is 110 cm³/mol. The number of anilines is 1. The quantitative estimate of drug-likeness (QED) is 0.807. The molecule has 0 bridgehead atoms. The van der Waals surface area contributed by atoms with Gasteiger partial charge in [0.05, 0.1) is 13.7 Å². The fraction of sp³-hybridized carbons (Fsp3) is 0.611. The minimum Gasteiger partial charge on any atom is -0.497 e. The van der Waals surface area contributed by atoms with Crippen LogP contribution in [0.1, 0.15) is 12.8 Å². The Labute approximate surface area is 168 Å². The second kappa shape index (κ2) is 10.8. The molecular formula is C18H30Cl2N4O2. The summed E-state index contributed by atoms with van der Waals surface area (Å²) in [6.45, 7) is 6.57. The molecule has 26 heavy (non-hydrogen) atoms. The van der Waals surface area contributed by atoms with Crippen molar-refractivity contribution in [2.75, 3.05) is 57.8 Å². The van der Waals surface area contributed by atoms with Gasteiger partial charge in [-0.25, -0.2) is 0 Å². The first-order valence-corrected chi connectivity index (χ1v) is 8.79. The molecule has 0 aromatic heterocycles. The number of hydrogen-bond donors (Lipinski definition) is 1. The highest BCUT2D eigenvalue weighted by Gasteiger charge is 2.28. The molecule has 1 aromatic carbocycles. The van der Waals surface area contributed by atoms with E-state index < -0.39 is 0 Å². The van der Waals surface area contributed by atoms with Gasteiger partial charge >= 0.3 is 0 Å². The molecule has 8 heteroatoms. The maximum atomic E-state index is 11.1. The third-order valence-electron chi connectivity index (χ3n) is 5.13. The van der Waals surface area contributed by atoms with E-state index in [-0.39, 0.29) is 30.7 Å². The Bertz CT molecular complexity index is 551. The van der Waals surface area contributed by atoms with Crippen LogP contribution in [0.15, 0.2) is 24.3 Å². The second-order valence-corrected chi connectivity index (χ2v) is 6.72. The average Bonchev–Trinajstić information content (AvgIpc) is 2.62. The number of likely N-dealkylation sites (tertiary alicyclic amines) is 1. The largest absolute Gasteiger partial charge is 0.497 e. The van der Waals surface area contributed by atoms with E-state index >= 15 is 0 Å². The van der Waals surface area contributed by atoms with Gasteiger partial charge in [0.2, 0.25) is 5.91 Å². The zero-order chi connectivity index (χ0) is 16.9. The molecule has 2 aliphatic heterocycles. The molecule has 0 saturated carbocycles. The van der Waals surface area contributed by atoms with Crippen molar-refractivity contribution in [3.8, 4) is 5.75 Å². The lowest BCUT2D eigenvalue weighted by molar-refractivity contribution is -0.119. The first kappa shape index (κ1) is 22.8. The van der Waals surface area contributed by atoms with Crippen LogP contribution < -0.4 is 15.4 Å². The predicted octanol–water partition coefficient (Wildman–Crippen LogP) is 1.61. The van der Waals surface area contributed by atoms with E-state index in [2.05, 4.69) is 26.8 Å². The summed E-state index contributed by atoms with van der Waals surface area (Å²) >= 11 is 0. The van der Waals surface area contributed by atoms with Crippen LogP contribution in [0.4, 0.5) is 5.69 Å². The van der Waals surface area contributed by atoms with E-state index in [1.54, 1.807) is 7.11 Å². The van der Waals surface area contributed by atoms with Crippen molar-refractivity contribution in [3.05, 3.63) is 24.3 Å². The number of halogens is 2. The van der Waals surface area contributed by atoms with Crippen molar-refractivity contribution in [3.63, 3.8) is 0 Å². The maximum absolute atomic E-state index is 11.1. The summed E-state index contributed by atoms with van der Waals surface area (Å²) in [4.78, 5) is 18.4. The van der Waals surface area contributed by atoms with E-state index in [0.29, 0.717) is 12.6 Å². The third-order valence-corrected chi connectivity index (χ3v) is 5.13. The molecule has 2 saturated heterocycles. The first-order chi connectivity index (χ1) is 11.7. The number of carbonyl (C=O) groups is 1. The molecule has 0 radical (unpaired) electrons. The van der Waals surface area contributed by atoms with Crippen LogP contribution >= 0.6 is 24.8 Å². The Morgan fingerprint density at radius 1 is 1.12 bits per heavy atom. The van der Waals surface area contributed by atoms with Gasteiger partial charge in [0, 0.05) is 44.5 Å². The van der Waals surface area contributed by atoms with Gasteiger partial charge in [-0.2, -0.15) is 0 Å². The fourth-order valence-electron chi connectivity index (χ4n) is 3.83. The summed E-state index contributed by atoms with van der Waals surface area (Å²) in [5, 5.41) is 0. The number of hydrogen-bond acceptors (Lipinski definition) is 5. The number of rotatable bonds is 5. The van der Waals surface area contributed by atoms with Gasteiger partial charge in [-0.05, 0) is 43.7 Å². The minimum atomic E-state index is -0.222. The SMILES string of the molecule is COc1ccc(N2CCN(C3CCCN(CC(N)=O)C3)CC2)cc1.Cl.Cl. The lowest BCUT2D eigenvalue weighted by Crippen LogP contribution is -2.55. The van der Waals surface area contributed by atoms with E-state index in [0.717, 1.165) is 51.4 Å². The van der Waals surface area contributed by atoms with Crippen molar-refractivity contribution >= 4 is 36.4 Å². The van der Waals surface area contributed by atoms with Crippen LogP contribution in [0.3, 0.4) is 0 Å². The van der Waals surface area contributed by atoms with Crippen molar-refractivity contribution in [1.29, 1.82) is 0 Å². The Morgan fingerprint density at radius 3 is 2.35 bits per heavy atom. The molecule has 1 atom stereocenters. The molecule has 0 spiro atoms. The average molecular weight is 405 g/mol. The molecule has 0 aliphatic carbocycles. The molecule has 1 aromatic rings. The molecule has 1 amide bonds. The monoisotopic (exact) mass is 404 g/mol. The number of primary amides is 1. The van der Waals surface area contributed by atoms with Gasteiger partial charge < -0.3 is 15.4 Å². The summed E-state index contributed by atoms with van der Waals surface area (Å²) in [7, 11) is 1.69. The lowest BCUT2D eigenvalue weighted by atomic mass is 10.0. The van der Waals surface area contributed by atoms with Gasteiger partial charge in [-0.15, -0.1) is 24.8 Å². The van der Waals surface area contributed by atoms with Gasteiger partial charge in [0.1, 0.15) is 5.75 Å². The third kappa shape index (κ3) is 5.91. The van der Waals surface area contributed by atoms with Crippen LogP contribution in [0.5, 0.6) is 5.75 Å². The number of carbonyl (C=O) groups excluding carboxylic acids is 1. The molecule has 1 unspecified atom stereocenters. The lowest BCUT2D eigenvalue weighted by Gasteiger charge is -2.43. The highest BCUT2D eigenvalue weighted by Crippen LogP contribution is 2.23. The van der Waals surface area contributed by atoms with Crippen LogP contribution in [0.2, 0.25) is 0 Å². The minimum absolute atomic E-state index is 0. The Hall–Kier alpha value is -1.21. The molecule has 2 N–H and O–H groups in total. The molecule has 2 heterocycles. The van der Waals surface area contributed by atoms with E-state index in [1.165, 1.54) is 12.1 Å². The van der Waals surface area contributed by atoms with Crippen molar-refractivity contribution in [2.24, 2.45) is 5.73 Å². The Morgan fingerprint density at radius 2 is 1.77 bits per heavy atom. The molecule has 2 fully saturated rings. The van der Waals surface area contributed by atoms with Crippen LogP contribution in [-0.2, 0) is 4.79 Å². The van der Waals surface area contributed by atoms with E-state index in [4.69, 9.17) is 10.5 Å². The number of amides is 1. The normalized spacial score (nSPS) is 21.4. The maximum Gasteiger partial charge on any atom is 0.231 e. The number of ether oxygens (including phenoxy) is 1. The number of benzene rings is 1. The number of piperidine rings is 1. The highest BCUT2D eigenvalue weighted by molar-refractivity contribution is 5.85. The molecule has 2 aliphatic rings. The molecule has 6 nitrogen and oxygen atoms in total. The second-order valence-electron chi connectivity index (χ2n) is 6.72. The number of methoxy groups -OCH3 is 1. The standard InChI is InChI=1S/C18H28N4O2.2ClH/c1-24-17-6-4-15(5-7-17)21-9-11-22(12-10-21)16-3-2-8-20(13-16)14-18(19)23;;/h4-7,16H,2-3,8-14H2,1H3,(H2,19,23);2*1H. The van der Waals surface area contributed by atoms with Gasteiger partial charge in [-0.3, -0.25) is 14.6 Å². The van der Waals surface area contributed by atoms with Crippen molar-refractivity contribution < 1.29 is 9.53 Å². The summed E-state index contributed by atoms with van der Waals surface area (Å²) < 4.78 is 5.23. The molecular weight excluding hydrogens is 375 g/mol. The number of nitrogens with zero attached hydrogens (tertiary/aromatic N) is 3. The zero-order valence-corrected chi connectivity index (χ0v) is 16.9. The molecule has 3 rings (SSSR count). The summed E-state index contributed by atoms with van der Waals surface area (Å²) in [6, 6.07) is 8.85. The van der Waals surface area contributed by atoms with Crippen LogP contribution in [0, 0.1) is 0 Å². The zero-order valence-electron chi connectivity index (χ0n) is 15.3. The summed E-state index contributed by atoms with van der Waals surface area (Å²) in [5.74, 6) is 0.675. The van der Waals surface area contributed by atoms with Crippen molar-refractivity contribution in [2.45, 2.75) is 18.9 Å². The first-order valence-electron chi connectivity index (χ1n) is 8.79. The van der Waals surface area contributed by atoms with E-state index in [9.17, 15) is 4.79 Å². The fourth-order valence-corrected chi connectivity index (χ4v) is 3.83.